The number of hydrogen-bond acceptors (Lipinski definition) is 4. The van der Waals surface area contributed by atoms with E-state index in [2.05, 4.69) is 22.5 Å². The Morgan fingerprint density at radius 3 is 2.67 bits per heavy atom. The van der Waals surface area contributed by atoms with Crippen molar-refractivity contribution in [3.63, 3.8) is 0 Å². The number of hydrogen-bond donors (Lipinski definition) is 2. The van der Waals surface area contributed by atoms with E-state index >= 15 is 0 Å². The Bertz CT molecular complexity index is 291. The molecule has 124 valence electrons. The highest BCUT2D eigenvalue weighted by Crippen LogP contribution is 2.30. The molecule has 0 aromatic heterocycles. The van der Waals surface area contributed by atoms with Crippen molar-refractivity contribution in [2.24, 2.45) is 5.92 Å². The van der Waals surface area contributed by atoms with Crippen molar-refractivity contribution in [2.45, 2.75) is 57.2 Å². The van der Waals surface area contributed by atoms with E-state index in [1.165, 1.54) is 51.7 Å². The topological polar surface area (TPSA) is 36.5 Å². The number of nitrogens with zero attached hydrogens (tertiary/aromatic N) is 1. The average molecular weight is 318 g/mol. The van der Waals surface area contributed by atoms with Crippen molar-refractivity contribution in [3.8, 4) is 0 Å². The summed E-state index contributed by atoms with van der Waals surface area (Å²) in [6, 6.07) is 2.04. The highest BCUT2D eigenvalue weighted by atomic mass is 35.5. The summed E-state index contributed by atoms with van der Waals surface area (Å²) in [5.41, 5.74) is 0. The Labute approximate surface area is 135 Å². The first-order valence-corrected chi connectivity index (χ1v) is 8.66. The number of nitrogens with one attached hydrogen (secondary N) is 2. The van der Waals surface area contributed by atoms with E-state index in [4.69, 9.17) is 4.74 Å². The van der Waals surface area contributed by atoms with E-state index in [1.54, 1.807) is 0 Å². The molecule has 1 saturated carbocycles. The largest absolute Gasteiger partial charge is 0.379 e. The molecule has 0 amide bonds. The second kappa shape index (κ2) is 8.68. The van der Waals surface area contributed by atoms with Gasteiger partial charge in [0.05, 0.1) is 13.2 Å². The van der Waals surface area contributed by atoms with Crippen molar-refractivity contribution in [3.05, 3.63) is 0 Å². The summed E-state index contributed by atoms with van der Waals surface area (Å²) in [4.78, 5) is 2.57. The van der Waals surface area contributed by atoms with Crippen LogP contribution in [0, 0.1) is 5.92 Å². The first-order valence-electron chi connectivity index (χ1n) is 8.66. The Morgan fingerprint density at radius 1 is 1.19 bits per heavy atom. The van der Waals surface area contributed by atoms with Crippen LogP contribution in [0.4, 0.5) is 0 Å². The van der Waals surface area contributed by atoms with E-state index in [-0.39, 0.29) is 12.4 Å². The molecule has 2 N–H and O–H groups in total. The van der Waals surface area contributed by atoms with Gasteiger partial charge in [-0.1, -0.05) is 13.3 Å². The third kappa shape index (κ3) is 4.55. The van der Waals surface area contributed by atoms with E-state index in [1.807, 2.05) is 0 Å². The minimum absolute atomic E-state index is 0. The van der Waals surface area contributed by atoms with Crippen LogP contribution in [0.3, 0.4) is 0 Å². The van der Waals surface area contributed by atoms with Gasteiger partial charge < -0.3 is 20.3 Å². The molecule has 2 aliphatic heterocycles. The van der Waals surface area contributed by atoms with Crippen LogP contribution < -0.4 is 10.6 Å². The highest BCUT2D eigenvalue weighted by Gasteiger charge is 2.35. The normalized spacial score (nSPS) is 35.6. The molecule has 0 aromatic carbocycles. The second-order valence-electron chi connectivity index (χ2n) is 6.71. The van der Waals surface area contributed by atoms with Gasteiger partial charge in [-0.15, -0.1) is 12.4 Å². The zero-order valence-corrected chi connectivity index (χ0v) is 14.2. The van der Waals surface area contributed by atoms with Crippen LogP contribution in [-0.4, -0.2) is 62.4 Å². The van der Waals surface area contributed by atoms with Gasteiger partial charge in [-0.05, 0) is 51.2 Å². The number of likely N-dealkylation sites (tertiary alicyclic amines) is 1. The summed E-state index contributed by atoms with van der Waals surface area (Å²) in [7, 11) is 0. The molecule has 3 unspecified atom stereocenters. The molecule has 4 nitrogen and oxygen atoms in total. The fourth-order valence-corrected chi connectivity index (χ4v) is 4.26. The highest BCUT2D eigenvalue weighted by molar-refractivity contribution is 5.85. The van der Waals surface area contributed by atoms with Crippen LogP contribution in [0.5, 0.6) is 0 Å². The van der Waals surface area contributed by atoms with E-state index in [9.17, 15) is 0 Å². The molecule has 21 heavy (non-hydrogen) atoms. The van der Waals surface area contributed by atoms with Crippen LogP contribution in [0.15, 0.2) is 0 Å². The maximum absolute atomic E-state index is 5.66. The van der Waals surface area contributed by atoms with Gasteiger partial charge in [0, 0.05) is 24.7 Å². The van der Waals surface area contributed by atoms with Crippen LogP contribution in [0.25, 0.3) is 0 Å². The van der Waals surface area contributed by atoms with E-state index < -0.39 is 0 Å². The van der Waals surface area contributed by atoms with Crippen molar-refractivity contribution in [1.82, 2.24) is 15.5 Å². The summed E-state index contributed by atoms with van der Waals surface area (Å²) < 4.78 is 5.66. The second-order valence-corrected chi connectivity index (χ2v) is 6.71. The van der Waals surface area contributed by atoms with Crippen molar-refractivity contribution < 1.29 is 4.74 Å². The molecule has 0 bridgehead atoms. The van der Waals surface area contributed by atoms with Gasteiger partial charge in [-0.25, -0.2) is 0 Å². The zero-order valence-electron chi connectivity index (χ0n) is 13.4. The van der Waals surface area contributed by atoms with Gasteiger partial charge in [0.2, 0.25) is 0 Å². The molecule has 3 rings (SSSR count). The molecule has 3 aliphatic rings. The molecule has 0 spiro atoms. The molecule has 5 heteroatoms. The number of piperidine rings is 1. The third-order valence-corrected chi connectivity index (χ3v) is 5.52. The molecular weight excluding hydrogens is 286 g/mol. The monoisotopic (exact) mass is 317 g/mol. The van der Waals surface area contributed by atoms with Crippen LogP contribution in [0.2, 0.25) is 0 Å². The van der Waals surface area contributed by atoms with Crippen LogP contribution >= 0.6 is 12.4 Å². The SMILES string of the molecule is CCN1CCC(NC2CCCC2C2COCCN2)CC1.Cl. The lowest BCUT2D eigenvalue weighted by molar-refractivity contribution is 0.0507. The predicted molar refractivity (Wildman–Crippen MR) is 89.3 cm³/mol. The Kier molecular flexibility index (Phi) is 7.23. The maximum Gasteiger partial charge on any atom is 0.0623 e. The fourth-order valence-electron chi connectivity index (χ4n) is 4.26. The molecule has 0 aromatic rings. The van der Waals surface area contributed by atoms with Crippen LogP contribution in [-0.2, 0) is 4.74 Å². The molecule has 3 atom stereocenters. The fraction of sp³-hybridized carbons (Fsp3) is 1.00. The van der Waals surface area contributed by atoms with Gasteiger partial charge in [-0.3, -0.25) is 0 Å². The van der Waals surface area contributed by atoms with Gasteiger partial charge in [0.25, 0.3) is 0 Å². The Morgan fingerprint density at radius 2 is 2.00 bits per heavy atom. The standard InChI is InChI=1S/C16H31N3O.ClH/c1-2-19-9-6-13(7-10-19)18-15-5-3-4-14(15)16-12-20-11-8-17-16;/h13-18H,2-12H2,1H3;1H. The lowest BCUT2D eigenvalue weighted by Gasteiger charge is -2.37. The number of morpholine rings is 1. The van der Waals surface area contributed by atoms with Gasteiger partial charge in [-0.2, -0.15) is 0 Å². The summed E-state index contributed by atoms with van der Waals surface area (Å²) in [6.07, 6.45) is 6.76. The van der Waals surface area contributed by atoms with Crippen LogP contribution in [0.1, 0.15) is 39.0 Å². The minimum Gasteiger partial charge on any atom is -0.379 e. The molecule has 1 aliphatic carbocycles. The number of halogens is 1. The number of rotatable bonds is 4. The molecule has 2 saturated heterocycles. The molecule has 2 heterocycles. The van der Waals surface area contributed by atoms with Gasteiger partial charge >= 0.3 is 0 Å². The average Bonchev–Trinajstić information content (AvgIpc) is 2.97. The van der Waals surface area contributed by atoms with Crippen molar-refractivity contribution >= 4 is 12.4 Å². The number of ether oxygens (including phenoxy) is 1. The van der Waals surface area contributed by atoms with Crippen molar-refractivity contribution in [2.75, 3.05) is 39.4 Å². The maximum atomic E-state index is 5.66. The van der Waals surface area contributed by atoms with E-state index in [0.29, 0.717) is 12.1 Å². The predicted octanol–water partition coefficient (Wildman–Crippen LogP) is 1.64. The van der Waals surface area contributed by atoms with Crippen molar-refractivity contribution in [1.29, 1.82) is 0 Å². The summed E-state index contributed by atoms with van der Waals surface area (Å²) in [5, 5.41) is 7.66. The lowest BCUT2D eigenvalue weighted by Crippen LogP contribution is -2.53. The summed E-state index contributed by atoms with van der Waals surface area (Å²) in [5.74, 6) is 0.777. The summed E-state index contributed by atoms with van der Waals surface area (Å²) in [6.45, 7) is 8.86. The zero-order chi connectivity index (χ0) is 13.8. The molecule has 0 radical (unpaired) electrons. The lowest BCUT2D eigenvalue weighted by atomic mass is 9.92. The Balaban J connectivity index is 0.00000161. The third-order valence-electron chi connectivity index (χ3n) is 5.52. The smallest absolute Gasteiger partial charge is 0.0623 e. The quantitative estimate of drug-likeness (QED) is 0.826. The minimum atomic E-state index is 0. The summed E-state index contributed by atoms with van der Waals surface area (Å²) >= 11 is 0. The first-order chi connectivity index (χ1) is 9.86. The molecular formula is C16H32ClN3O. The van der Waals surface area contributed by atoms with E-state index in [0.717, 1.165) is 31.7 Å². The molecule has 3 fully saturated rings. The Hall–Kier alpha value is 0.130. The van der Waals surface area contributed by atoms with Gasteiger partial charge in [0.15, 0.2) is 0 Å². The first kappa shape index (κ1) is 17.5. The van der Waals surface area contributed by atoms with Gasteiger partial charge in [0.1, 0.15) is 0 Å².